The highest BCUT2D eigenvalue weighted by atomic mass is 32.2. The van der Waals surface area contributed by atoms with Crippen molar-refractivity contribution in [1.82, 2.24) is 4.72 Å². The van der Waals surface area contributed by atoms with Gasteiger partial charge in [-0.1, -0.05) is 30.3 Å². The van der Waals surface area contributed by atoms with Crippen LogP contribution in [-0.2, 0) is 16.6 Å². The molecule has 0 aliphatic heterocycles. The molecule has 3 aromatic rings. The second-order valence-corrected chi connectivity index (χ2v) is 7.48. The lowest BCUT2D eigenvalue weighted by atomic mass is 10.2. The third kappa shape index (κ3) is 4.93. The summed E-state index contributed by atoms with van der Waals surface area (Å²) in [4.78, 5) is 10.9. The van der Waals surface area contributed by atoms with Crippen molar-refractivity contribution in [2.45, 2.75) is 11.4 Å². The van der Waals surface area contributed by atoms with Crippen LogP contribution >= 0.6 is 0 Å². The molecule has 0 fully saturated rings. The van der Waals surface area contributed by atoms with Crippen molar-refractivity contribution in [3.8, 4) is 11.5 Å². The fraction of sp³-hybridized carbons (Fsp3) is 0.0500. The molecule has 0 spiro atoms. The predicted molar refractivity (Wildman–Crippen MR) is 100 cm³/mol. The fourth-order valence-electron chi connectivity index (χ4n) is 2.34. The van der Waals surface area contributed by atoms with Gasteiger partial charge in [0.2, 0.25) is 10.0 Å². The summed E-state index contributed by atoms with van der Waals surface area (Å²) in [5.41, 5.74) is 0.795. The van der Waals surface area contributed by atoms with E-state index in [9.17, 15) is 13.2 Å². The molecule has 0 saturated heterocycles. The molecule has 0 aromatic heterocycles. The molecule has 3 aromatic carbocycles. The van der Waals surface area contributed by atoms with Crippen LogP contribution in [0.1, 0.15) is 15.9 Å². The third-order valence-corrected chi connectivity index (χ3v) is 5.20. The minimum absolute atomic E-state index is 0.0107. The summed E-state index contributed by atoms with van der Waals surface area (Å²) < 4.78 is 32.8. The lowest BCUT2D eigenvalue weighted by Crippen LogP contribution is -2.23. The van der Waals surface area contributed by atoms with E-state index in [2.05, 4.69) is 4.72 Å². The Morgan fingerprint density at radius 1 is 0.852 bits per heavy atom. The number of hydrogen-bond donors (Lipinski definition) is 2. The summed E-state index contributed by atoms with van der Waals surface area (Å²) in [5.74, 6) is 0.262. The number of ether oxygens (including phenoxy) is 1. The average molecular weight is 383 g/mol. The number of carboxylic acids is 1. The Bertz CT molecular complexity index is 1010. The van der Waals surface area contributed by atoms with Crippen molar-refractivity contribution in [2.24, 2.45) is 0 Å². The number of aromatic carboxylic acids is 1. The standard InChI is InChI=1S/C20H17NO5S/c22-20(23)16-8-12-19(13-9-16)27(24,25)21-14-15-6-10-18(11-7-15)26-17-4-2-1-3-5-17/h1-13,21H,14H2,(H,22,23). The van der Waals surface area contributed by atoms with Crippen LogP contribution in [-0.4, -0.2) is 19.5 Å². The molecule has 0 heterocycles. The summed E-state index contributed by atoms with van der Waals surface area (Å²) in [7, 11) is -3.73. The van der Waals surface area contributed by atoms with Crippen LogP contribution in [0.3, 0.4) is 0 Å². The number of para-hydroxylation sites is 1. The maximum Gasteiger partial charge on any atom is 0.335 e. The number of carbonyl (C=O) groups is 1. The summed E-state index contributed by atoms with van der Waals surface area (Å²) in [5, 5.41) is 8.87. The van der Waals surface area contributed by atoms with Crippen LogP contribution in [0.25, 0.3) is 0 Å². The van der Waals surface area contributed by atoms with Crippen molar-refractivity contribution in [3.05, 3.63) is 90.0 Å². The van der Waals surface area contributed by atoms with Crippen molar-refractivity contribution < 1.29 is 23.1 Å². The molecule has 6 nitrogen and oxygen atoms in total. The van der Waals surface area contributed by atoms with Gasteiger partial charge in [-0.15, -0.1) is 0 Å². The fourth-order valence-corrected chi connectivity index (χ4v) is 3.36. The molecular weight excluding hydrogens is 366 g/mol. The zero-order valence-electron chi connectivity index (χ0n) is 14.2. The Morgan fingerprint density at radius 2 is 1.44 bits per heavy atom. The van der Waals surface area contributed by atoms with Crippen molar-refractivity contribution in [3.63, 3.8) is 0 Å². The number of nitrogens with one attached hydrogen (secondary N) is 1. The van der Waals surface area contributed by atoms with Gasteiger partial charge in [0.05, 0.1) is 10.5 Å². The zero-order valence-corrected chi connectivity index (χ0v) is 15.0. The van der Waals surface area contributed by atoms with Crippen molar-refractivity contribution >= 4 is 16.0 Å². The number of sulfonamides is 1. The molecule has 0 amide bonds. The van der Waals surface area contributed by atoms with Gasteiger partial charge in [0.15, 0.2) is 0 Å². The number of carboxylic acid groups (broad SMARTS) is 1. The van der Waals surface area contributed by atoms with E-state index in [-0.39, 0.29) is 17.0 Å². The minimum atomic E-state index is -3.73. The zero-order chi connectivity index (χ0) is 19.3. The van der Waals surface area contributed by atoms with Gasteiger partial charge in [0, 0.05) is 6.54 Å². The van der Waals surface area contributed by atoms with Gasteiger partial charge in [0.25, 0.3) is 0 Å². The Kier molecular flexibility index (Phi) is 5.54. The lowest BCUT2D eigenvalue weighted by Gasteiger charge is -2.09. The van der Waals surface area contributed by atoms with Gasteiger partial charge < -0.3 is 9.84 Å². The molecule has 3 rings (SSSR count). The number of benzene rings is 3. The van der Waals surface area contributed by atoms with E-state index in [1.54, 1.807) is 24.3 Å². The summed E-state index contributed by atoms with van der Waals surface area (Å²) in [6.07, 6.45) is 0. The topological polar surface area (TPSA) is 92.7 Å². The van der Waals surface area contributed by atoms with E-state index in [0.717, 1.165) is 11.3 Å². The average Bonchev–Trinajstić information content (AvgIpc) is 2.68. The van der Waals surface area contributed by atoms with E-state index in [0.29, 0.717) is 5.75 Å². The third-order valence-electron chi connectivity index (χ3n) is 3.78. The highest BCUT2D eigenvalue weighted by molar-refractivity contribution is 7.89. The van der Waals surface area contributed by atoms with Crippen LogP contribution in [0.4, 0.5) is 0 Å². The van der Waals surface area contributed by atoms with Crippen LogP contribution in [0, 0.1) is 0 Å². The van der Waals surface area contributed by atoms with Gasteiger partial charge in [0.1, 0.15) is 11.5 Å². The highest BCUT2D eigenvalue weighted by Crippen LogP contribution is 2.21. The molecule has 7 heteroatoms. The Morgan fingerprint density at radius 3 is 2.04 bits per heavy atom. The van der Waals surface area contributed by atoms with E-state index in [4.69, 9.17) is 9.84 Å². The normalized spacial score (nSPS) is 11.1. The SMILES string of the molecule is O=C(O)c1ccc(S(=O)(=O)NCc2ccc(Oc3ccccc3)cc2)cc1. The monoisotopic (exact) mass is 383 g/mol. The molecule has 0 saturated carbocycles. The second-order valence-electron chi connectivity index (χ2n) is 5.71. The first-order valence-electron chi connectivity index (χ1n) is 8.09. The molecule has 0 unspecified atom stereocenters. The van der Waals surface area contributed by atoms with Crippen LogP contribution in [0.2, 0.25) is 0 Å². The smallest absolute Gasteiger partial charge is 0.335 e. The molecule has 0 radical (unpaired) electrons. The largest absolute Gasteiger partial charge is 0.478 e. The summed E-state index contributed by atoms with van der Waals surface area (Å²) >= 11 is 0. The first-order chi connectivity index (χ1) is 12.9. The maximum atomic E-state index is 12.3. The second kappa shape index (κ2) is 8.03. The van der Waals surface area contributed by atoms with E-state index in [1.165, 1.54) is 24.3 Å². The number of rotatable bonds is 7. The lowest BCUT2D eigenvalue weighted by molar-refractivity contribution is 0.0696. The molecule has 0 bridgehead atoms. The van der Waals surface area contributed by atoms with Crippen molar-refractivity contribution in [2.75, 3.05) is 0 Å². The Labute approximate surface area is 157 Å². The first-order valence-corrected chi connectivity index (χ1v) is 9.57. The van der Waals surface area contributed by atoms with E-state index in [1.807, 2.05) is 30.3 Å². The Balaban J connectivity index is 1.62. The molecule has 0 aliphatic carbocycles. The minimum Gasteiger partial charge on any atom is -0.478 e. The Hall–Kier alpha value is -3.16. The van der Waals surface area contributed by atoms with Gasteiger partial charge in [-0.05, 0) is 54.1 Å². The predicted octanol–water partition coefficient (Wildman–Crippen LogP) is 3.66. The summed E-state index contributed by atoms with van der Waals surface area (Å²) in [6, 6.07) is 21.5. The first kappa shape index (κ1) is 18.6. The van der Waals surface area contributed by atoms with Crippen LogP contribution in [0.15, 0.2) is 83.8 Å². The van der Waals surface area contributed by atoms with Crippen molar-refractivity contribution in [1.29, 1.82) is 0 Å². The molecular formula is C20H17NO5S. The number of hydrogen-bond acceptors (Lipinski definition) is 4. The van der Waals surface area contributed by atoms with Crippen LogP contribution in [0.5, 0.6) is 11.5 Å². The van der Waals surface area contributed by atoms with Gasteiger partial charge in [-0.25, -0.2) is 17.9 Å². The quantitative estimate of drug-likeness (QED) is 0.650. The van der Waals surface area contributed by atoms with Gasteiger partial charge >= 0.3 is 5.97 Å². The molecule has 27 heavy (non-hydrogen) atoms. The highest BCUT2D eigenvalue weighted by Gasteiger charge is 2.14. The summed E-state index contributed by atoms with van der Waals surface area (Å²) in [6.45, 7) is 0.106. The van der Waals surface area contributed by atoms with E-state index < -0.39 is 16.0 Å². The van der Waals surface area contributed by atoms with E-state index >= 15 is 0 Å². The van der Waals surface area contributed by atoms with Crippen LogP contribution < -0.4 is 9.46 Å². The molecule has 2 N–H and O–H groups in total. The molecule has 0 aliphatic rings. The van der Waals surface area contributed by atoms with Gasteiger partial charge in [-0.2, -0.15) is 0 Å². The molecule has 138 valence electrons. The molecule has 0 atom stereocenters. The van der Waals surface area contributed by atoms with Gasteiger partial charge in [-0.3, -0.25) is 0 Å². The maximum absolute atomic E-state index is 12.3.